The maximum absolute atomic E-state index is 12.7. The third kappa shape index (κ3) is 5.93. The fourth-order valence-electron chi connectivity index (χ4n) is 4.77. The van der Waals surface area contributed by atoms with Crippen molar-refractivity contribution in [3.05, 3.63) is 108 Å². The van der Waals surface area contributed by atoms with Gasteiger partial charge >= 0.3 is 0 Å². The highest BCUT2D eigenvalue weighted by Gasteiger charge is 2.33. The van der Waals surface area contributed by atoms with Crippen LogP contribution >= 0.6 is 12.0 Å². The Bertz CT molecular complexity index is 1820. The Morgan fingerprint density at radius 1 is 0.829 bits per heavy atom. The van der Waals surface area contributed by atoms with Gasteiger partial charge in [0.1, 0.15) is 0 Å². The molecule has 0 aliphatic carbocycles. The molecule has 4 aromatic carbocycles. The Kier molecular flexibility index (Phi) is 8.31. The molecule has 210 valence electrons. The van der Waals surface area contributed by atoms with Gasteiger partial charge in [0.05, 0.1) is 36.0 Å². The van der Waals surface area contributed by atoms with Gasteiger partial charge in [-0.1, -0.05) is 48.5 Å². The van der Waals surface area contributed by atoms with Crippen LogP contribution in [0.1, 0.15) is 25.0 Å². The molecule has 0 saturated carbocycles. The standard InChI is InChI=1S/C33H31NO5S2/c1-33(2,41(4,36)37)27-19-26-9-6-16-34-32(26)31(20-27)25-8-5-7-24(18-25)29-15-10-22(21-35)17-30(29)23-11-13-28(14-12-23)40-39-38-3/h5-20,35H,21H2,1-4H3. The van der Waals surface area contributed by atoms with Crippen molar-refractivity contribution in [1.82, 2.24) is 4.98 Å². The summed E-state index contributed by atoms with van der Waals surface area (Å²) >= 11 is 1.13. The highest BCUT2D eigenvalue weighted by Crippen LogP contribution is 2.39. The van der Waals surface area contributed by atoms with E-state index in [1.807, 2.05) is 78.9 Å². The molecule has 0 radical (unpaired) electrons. The zero-order valence-electron chi connectivity index (χ0n) is 23.3. The molecule has 1 aromatic heterocycles. The highest BCUT2D eigenvalue weighted by atomic mass is 32.2. The van der Waals surface area contributed by atoms with Crippen LogP contribution in [0.2, 0.25) is 0 Å². The maximum atomic E-state index is 12.7. The van der Waals surface area contributed by atoms with Gasteiger partial charge in [-0.3, -0.25) is 4.98 Å². The molecule has 0 amide bonds. The van der Waals surface area contributed by atoms with Crippen molar-refractivity contribution in [1.29, 1.82) is 0 Å². The van der Waals surface area contributed by atoms with E-state index in [9.17, 15) is 13.5 Å². The first kappa shape index (κ1) is 29.0. The van der Waals surface area contributed by atoms with Gasteiger partial charge < -0.3 is 5.11 Å². The topological polar surface area (TPSA) is 85.7 Å². The number of hydrogen-bond donors (Lipinski definition) is 1. The normalized spacial score (nSPS) is 12.1. The van der Waals surface area contributed by atoms with Crippen LogP contribution in [0.5, 0.6) is 0 Å². The number of nitrogens with zero attached hydrogens (tertiary/aromatic N) is 1. The van der Waals surface area contributed by atoms with Crippen LogP contribution in [0, 0.1) is 0 Å². The van der Waals surface area contributed by atoms with Crippen molar-refractivity contribution < 1.29 is 22.7 Å². The number of aromatic nitrogens is 1. The van der Waals surface area contributed by atoms with Gasteiger partial charge in [-0.25, -0.2) is 13.3 Å². The summed E-state index contributed by atoms with van der Waals surface area (Å²) in [5.41, 5.74) is 8.08. The number of aliphatic hydroxyl groups excluding tert-OH is 1. The molecule has 0 spiro atoms. The van der Waals surface area contributed by atoms with E-state index in [1.54, 1.807) is 20.0 Å². The SMILES string of the molecule is COOSc1ccc(-c2cc(CO)ccc2-c2cccc(-c3cc(C(C)(C)S(C)(=O)=O)cc4cccnc34)c2)cc1. The Morgan fingerprint density at radius 3 is 2.24 bits per heavy atom. The molecule has 1 heterocycles. The van der Waals surface area contributed by atoms with E-state index in [2.05, 4.69) is 22.0 Å². The Labute approximate surface area is 245 Å². The van der Waals surface area contributed by atoms with Crippen LogP contribution < -0.4 is 0 Å². The monoisotopic (exact) mass is 585 g/mol. The molecular weight excluding hydrogens is 554 g/mol. The highest BCUT2D eigenvalue weighted by molar-refractivity contribution is 7.94. The fraction of sp³-hybridized carbons (Fsp3) is 0.182. The molecule has 0 aliphatic heterocycles. The van der Waals surface area contributed by atoms with Crippen molar-refractivity contribution in [2.45, 2.75) is 30.1 Å². The van der Waals surface area contributed by atoms with E-state index in [4.69, 9.17) is 4.33 Å². The van der Waals surface area contributed by atoms with Gasteiger partial charge in [-0.2, -0.15) is 4.33 Å². The van der Waals surface area contributed by atoms with Gasteiger partial charge in [0.25, 0.3) is 0 Å². The minimum Gasteiger partial charge on any atom is -0.392 e. The lowest BCUT2D eigenvalue weighted by molar-refractivity contribution is -0.160. The predicted octanol–water partition coefficient (Wildman–Crippen LogP) is 7.59. The third-order valence-electron chi connectivity index (χ3n) is 7.44. The van der Waals surface area contributed by atoms with E-state index in [0.717, 1.165) is 66.8 Å². The van der Waals surface area contributed by atoms with E-state index in [0.29, 0.717) is 5.56 Å². The lowest BCUT2D eigenvalue weighted by Gasteiger charge is -2.24. The smallest absolute Gasteiger partial charge is 0.156 e. The maximum Gasteiger partial charge on any atom is 0.156 e. The summed E-state index contributed by atoms with van der Waals surface area (Å²) in [5.74, 6) is 0. The zero-order chi connectivity index (χ0) is 29.2. The summed E-state index contributed by atoms with van der Waals surface area (Å²) in [6, 6.07) is 29.8. The molecule has 1 N–H and O–H groups in total. The summed E-state index contributed by atoms with van der Waals surface area (Å²) < 4.78 is 29.4. The van der Waals surface area contributed by atoms with E-state index >= 15 is 0 Å². The van der Waals surface area contributed by atoms with Crippen LogP contribution in [0.25, 0.3) is 44.3 Å². The summed E-state index contributed by atoms with van der Waals surface area (Å²) in [6.07, 6.45) is 3.02. The van der Waals surface area contributed by atoms with Gasteiger partial charge in [-0.05, 0) is 95.3 Å². The first-order valence-electron chi connectivity index (χ1n) is 13.0. The first-order chi connectivity index (χ1) is 19.6. The summed E-state index contributed by atoms with van der Waals surface area (Å²) in [5, 5.41) is 10.8. The molecule has 0 unspecified atom stereocenters. The number of benzene rings is 4. The third-order valence-corrected chi connectivity index (χ3v) is 10.2. The molecule has 8 heteroatoms. The van der Waals surface area contributed by atoms with Crippen LogP contribution in [0.4, 0.5) is 0 Å². The number of fused-ring (bicyclic) bond motifs is 1. The Hall–Kier alpha value is -3.53. The zero-order valence-corrected chi connectivity index (χ0v) is 24.9. The molecule has 41 heavy (non-hydrogen) atoms. The lowest BCUT2D eigenvalue weighted by Crippen LogP contribution is -2.28. The van der Waals surface area contributed by atoms with Crippen LogP contribution in [0.15, 0.2) is 102 Å². The van der Waals surface area contributed by atoms with Crippen LogP contribution in [0.3, 0.4) is 0 Å². The van der Waals surface area contributed by atoms with E-state index in [1.165, 1.54) is 13.4 Å². The van der Waals surface area contributed by atoms with Gasteiger partial charge in [0, 0.05) is 28.3 Å². The number of aliphatic hydroxyl groups is 1. The largest absolute Gasteiger partial charge is 0.392 e. The Morgan fingerprint density at radius 2 is 1.56 bits per heavy atom. The number of hydrogen-bond acceptors (Lipinski definition) is 7. The van der Waals surface area contributed by atoms with E-state index in [-0.39, 0.29) is 6.61 Å². The van der Waals surface area contributed by atoms with Gasteiger partial charge in [0.15, 0.2) is 9.84 Å². The molecule has 0 atom stereocenters. The van der Waals surface area contributed by atoms with Gasteiger partial charge in [0.2, 0.25) is 0 Å². The van der Waals surface area contributed by atoms with Gasteiger partial charge in [-0.15, -0.1) is 0 Å². The molecule has 0 saturated heterocycles. The van der Waals surface area contributed by atoms with Crippen molar-refractivity contribution >= 4 is 32.8 Å². The summed E-state index contributed by atoms with van der Waals surface area (Å²) in [6.45, 7) is 3.41. The number of sulfone groups is 1. The second-order valence-corrected chi connectivity index (χ2v) is 13.7. The number of pyridine rings is 1. The number of rotatable bonds is 9. The van der Waals surface area contributed by atoms with Crippen molar-refractivity contribution in [2.75, 3.05) is 13.4 Å². The van der Waals surface area contributed by atoms with Crippen molar-refractivity contribution in [3.63, 3.8) is 0 Å². The first-order valence-corrected chi connectivity index (χ1v) is 15.7. The molecule has 0 aliphatic rings. The second-order valence-electron chi connectivity index (χ2n) is 10.3. The second kappa shape index (κ2) is 11.8. The average Bonchev–Trinajstić information content (AvgIpc) is 2.99. The minimum atomic E-state index is -3.38. The Balaban J connectivity index is 1.66. The van der Waals surface area contributed by atoms with Crippen LogP contribution in [-0.4, -0.2) is 31.9 Å². The fourth-order valence-corrected chi connectivity index (χ4v) is 5.71. The molecule has 5 aromatic rings. The molecule has 5 rings (SSSR count). The molecule has 0 bridgehead atoms. The average molecular weight is 586 g/mol. The summed E-state index contributed by atoms with van der Waals surface area (Å²) in [7, 11) is -1.92. The summed E-state index contributed by atoms with van der Waals surface area (Å²) in [4.78, 5) is 10.2. The lowest BCUT2D eigenvalue weighted by atomic mass is 9.89. The van der Waals surface area contributed by atoms with Crippen molar-refractivity contribution in [2.24, 2.45) is 0 Å². The van der Waals surface area contributed by atoms with E-state index < -0.39 is 14.6 Å². The molecule has 6 nitrogen and oxygen atoms in total. The molecule has 0 fully saturated rings. The predicted molar refractivity (Wildman–Crippen MR) is 166 cm³/mol. The van der Waals surface area contributed by atoms with Crippen LogP contribution in [-0.2, 0) is 30.4 Å². The molecular formula is C33H31NO5S2. The minimum absolute atomic E-state index is 0.0660. The quantitative estimate of drug-likeness (QED) is 0.108. The van der Waals surface area contributed by atoms with Crippen molar-refractivity contribution in [3.8, 4) is 33.4 Å².